The molecule has 0 spiro atoms. The summed E-state index contributed by atoms with van der Waals surface area (Å²) in [5.41, 5.74) is -0.116. The van der Waals surface area contributed by atoms with Crippen molar-refractivity contribution in [1.29, 1.82) is 0 Å². The summed E-state index contributed by atoms with van der Waals surface area (Å²) in [5, 5.41) is 11.7. The molecule has 188 valence electrons. The van der Waals surface area contributed by atoms with Gasteiger partial charge in [-0.1, -0.05) is 18.2 Å². The third-order valence-electron chi connectivity index (χ3n) is 7.31. The van der Waals surface area contributed by atoms with Gasteiger partial charge in [0.1, 0.15) is 11.4 Å². The molecule has 37 heavy (non-hydrogen) atoms. The first-order valence-corrected chi connectivity index (χ1v) is 12.4. The molecule has 0 atom stereocenters. The average Bonchev–Trinajstić information content (AvgIpc) is 3.74. The molecule has 1 N–H and O–H groups in total. The monoisotopic (exact) mass is 501 g/mol. The fraction of sp³-hybridized carbons (Fsp3) is 0.286. The minimum atomic E-state index is -1.31. The molecule has 8 nitrogen and oxygen atoms in total. The van der Waals surface area contributed by atoms with Crippen molar-refractivity contribution >= 4 is 39.2 Å². The summed E-state index contributed by atoms with van der Waals surface area (Å²) in [6.45, 7) is 2.05. The first-order valence-electron chi connectivity index (χ1n) is 12.4. The quantitative estimate of drug-likeness (QED) is 0.425. The van der Waals surface area contributed by atoms with Crippen LogP contribution in [0.25, 0.3) is 21.7 Å². The maximum atomic E-state index is 15.2. The Kier molecular flexibility index (Phi) is 5.62. The summed E-state index contributed by atoms with van der Waals surface area (Å²) in [6, 6.07) is 12.9. The van der Waals surface area contributed by atoms with Crippen molar-refractivity contribution in [3.63, 3.8) is 0 Å². The molecule has 0 unspecified atom stereocenters. The zero-order valence-electron chi connectivity index (χ0n) is 20.1. The van der Waals surface area contributed by atoms with Crippen LogP contribution < -0.4 is 14.9 Å². The molecule has 2 aliphatic rings. The summed E-state index contributed by atoms with van der Waals surface area (Å²) in [4.78, 5) is 40.9. The van der Waals surface area contributed by atoms with Gasteiger partial charge in [0.2, 0.25) is 12.0 Å². The van der Waals surface area contributed by atoms with Gasteiger partial charge < -0.3 is 19.5 Å². The molecule has 6 rings (SSSR count). The fourth-order valence-corrected chi connectivity index (χ4v) is 5.14. The van der Waals surface area contributed by atoms with Gasteiger partial charge in [0, 0.05) is 55.3 Å². The summed E-state index contributed by atoms with van der Waals surface area (Å²) in [7, 11) is 0. The molecule has 1 aliphatic heterocycles. The fourth-order valence-electron chi connectivity index (χ4n) is 5.14. The molecule has 0 bridgehead atoms. The highest BCUT2D eigenvalue weighted by Crippen LogP contribution is 2.38. The van der Waals surface area contributed by atoms with Gasteiger partial charge in [0.15, 0.2) is 12.4 Å². The Morgan fingerprint density at radius 3 is 2.46 bits per heavy atom. The Hall–Kier alpha value is -4.27. The zero-order valence-corrected chi connectivity index (χ0v) is 20.1. The highest BCUT2D eigenvalue weighted by atomic mass is 19.1. The molecule has 4 aromatic rings. The number of nitrogens with zero attached hydrogens (tertiary/aromatic N) is 4. The topological polar surface area (TPSA) is 86.7 Å². The third kappa shape index (κ3) is 4.30. The van der Waals surface area contributed by atoms with E-state index in [2.05, 4.69) is 0 Å². The van der Waals surface area contributed by atoms with Crippen molar-refractivity contribution in [2.45, 2.75) is 25.4 Å². The molecular formula is C28H26FN4O4+. The first kappa shape index (κ1) is 23.1. The number of aromatic carboxylic acids is 1. The first-order chi connectivity index (χ1) is 17.9. The maximum Gasteiger partial charge on any atom is 0.341 e. The van der Waals surface area contributed by atoms with Crippen molar-refractivity contribution in [2.24, 2.45) is 0 Å². The van der Waals surface area contributed by atoms with E-state index in [0.29, 0.717) is 37.4 Å². The van der Waals surface area contributed by atoms with Gasteiger partial charge >= 0.3 is 5.97 Å². The van der Waals surface area contributed by atoms with E-state index in [9.17, 15) is 19.5 Å². The average molecular weight is 502 g/mol. The van der Waals surface area contributed by atoms with Crippen molar-refractivity contribution in [3.8, 4) is 0 Å². The van der Waals surface area contributed by atoms with E-state index >= 15 is 4.39 Å². The minimum absolute atomic E-state index is 0.00249. The van der Waals surface area contributed by atoms with Crippen molar-refractivity contribution in [1.82, 2.24) is 9.47 Å². The number of carboxylic acids is 1. The second kappa shape index (κ2) is 8.99. The van der Waals surface area contributed by atoms with E-state index in [1.54, 1.807) is 15.5 Å². The van der Waals surface area contributed by atoms with Gasteiger partial charge in [0.05, 0.1) is 11.2 Å². The van der Waals surface area contributed by atoms with Crippen molar-refractivity contribution < 1.29 is 23.7 Å². The summed E-state index contributed by atoms with van der Waals surface area (Å²) in [5.74, 6) is -1.88. The molecule has 0 radical (unpaired) electrons. The van der Waals surface area contributed by atoms with Gasteiger partial charge in [-0.05, 0) is 36.4 Å². The maximum absolute atomic E-state index is 15.2. The normalized spacial score (nSPS) is 15.9. The molecule has 2 fully saturated rings. The van der Waals surface area contributed by atoms with Gasteiger partial charge in [-0.2, -0.15) is 4.57 Å². The second-order valence-corrected chi connectivity index (χ2v) is 9.75. The van der Waals surface area contributed by atoms with Crippen LogP contribution in [0.3, 0.4) is 0 Å². The van der Waals surface area contributed by atoms with E-state index in [4.69, 9.17) is 0 Å². The SMILES string of the molecule is O=C(O)c1cn(C2CC2)c2cc(N3CCN(C(=O)C[n+]4ccc5ccccc5c4)CC3)c(F)cc2c1=O. The Bertz CT molecular complexity index is 1620. The Labute approximate surface area is 211 Å². The number of aromatic nitrogens is 2. The van der Waals surface area contributed by atoms with E-state index in [0.717, 1.165) is 29.7 Å². The van der Waals surface area contributed by atoms with Crippen LogP contribution in [0.5, 0.6) is 0 Å². The predicted octanol–water partition coefficient (Wildman–Crippen LogP) is 2.96. The molecule has 2 aromatic heterocycles. The smallest absolute Gasteiger partial charge is 0.341 e. The van der Waals surface area contributed by atoms with E-state index in [1.807, 2.05) is 52.2 Å². The largest absolute Gasteiger partial charge is 0.477 e. The summed E-state index contributed by atoms with van der Waals surface area (Å²) >= 11 is 0. The lowest BCUT2D eigenvalue weighted by Gasteiger charge is -2.36. The molecule has 1 saturated carbocycles. The van der Waals surface area contributed by atoms with Crippen LogP contribution in [-0.4, -0.2) is 52.6 Å². The number of rotatable bonds is 5. The van der Waals surface area contributed by atoms with Crippen LogP contribution in [0.2, 0.25) is 0 Å². The molecule has 1 saturated heterocycles. The van der Waals surface area contributed by atoms with Gasteiger partial charge in [0.25, 0.3) is 5.91 Å². The molecule has 1 aliphatic carbocycles. The molecule has 2 aromatic carbocycles. The number of carboxylic acid groups (broad SMARTS) is 1. The molecule has 1 amide bonds. The lowest BCUT2D eigenvalue weighted by molar-refractivity contribution is -0.683. The second-order valence-electron chi connectivity index (χ2n) is 9.75. The number of benzene rings is 2. The number of anilines is 1. The number of amides is 1. The molecular weight excluding hydrogens is 475 g/mol. The van der Waals surface area contributed by atoms with Crippen LogP contribution in [0.15, 0.2) is 65.8 Å². The predicted molar refractivity (Wildman–Crippen MR) is 136 cm³/mol. The highest BCUT2D eigenvalue weighted by Gasteiger charge is 2.29. The third-order valence-corrected chi connectivity index (χ3v) is 7.31. The number of carbonyl (C=O) groups is 2. The zero-order chi connectivity index (χ0) is 25.7. The van der Waals surface area contributed by atoms with Crippen LogP contribution in [0, 0.1) is 5.82 Å². The van der Waals surface area contributed by atoms with E-state index in [1.165, 1.54) is 6.20 Å². The minimum Gasteiger partial charge on any atom is -0.477 e. The van der Waals surface area contributed by atoms with Gasteiger partial charge in [-0.3, -0.25) is 9.59 Å². The Balaban J connectivity index is 1.21. The standard InChI is InChI=1S/C28H25FN4O4/c29-23-13-21-24(33(20-5-6-20)16-22(27(21)35)28(36)37)14-25(23)31-9-11-32(12-10-31)26(34)17-30-8-7-18-3-1-2-4-19(18)15-30/h1-4,7-8,13-16,20H,5-6,9-12,17H2/p+1. The molecule has 3 heterocycles. The number of carbonyl (C=O) groups excluding carboxylic acids is 1. The summed E-state index contributed by atoms with van der Waals surface area (Å²) < 4.78 is 18.9. The number of hydrogen-bond acceptors (Lipinski definition) is 4. The lowest BCUT2D eigenvalue weighted by Crippen LogP contribution is -2.52. The Morgan fingerprint density at radius 2 is 1.76 bits per heavy atom. The van der Waals surface area contributed by atoms with Crippen molar-refractivity contribution in [2.75, 3.05) is 31.1 Å². The number of hydrogen-bond donors (Lipinski definition) is 1. The van der Waals surface area contributed by atoms with Gasteiger partial charge in [-0.15, -0.1) is 0 Å². The van der Waals surface area contributed by atoms with Gasteiger partial charge in [-0.25, -0.2) is 9.18 Å². The van der Waals surface area contributed by atoms with Crippen LogP contribution in [0.1, 0.15) is 29.2 Å². The van der Waals surface area contributed by atoms with E-state index < -0.39 is 17.2 Å². The number of fused-ring (bicyclic) bond motifs is 2. The lowest BCUT2D eigenvalue weighted by atomic mass is 10.1. The molecule has 9 heteroatoms. The highest BCUT2D eigenvalue weighted by molar-refractivity contribution is 5.93. The van der Waals surface area contributed by atoms with Crippen molar-refractivity contribution in [3.05, 3.63) is 82.7 Å². The van der Waals surface area contributed by atoms with E-state index in [-0.39, 0.29) is 29.4 Å². The number of pyridine rings is 2. The van der Waals surface area contributed by atoms with Crippen LogP contribution >= 0.6 is 0 Å². The number of piperazine rings is 1. The number of halogens is 1. The summed E-state index contributed by atoms with van der Waals surface area (Å²) in [6.07, 6.45) is 7.02. The van der Waals surface area contributed by atoms with Crippen LogP contribution in [0.4, 0.5) is 10.1 Å². The van der Waals surface area contributed by atoms with Crippen LogP contribution in [-0.2, 0) is 11.3 Å². The Morgan fingerprint density at radius 1 is 1.03 bits per heavy atom.